The van der Waals surface area contributed by atoms with Crippen LogP contribution in [0.15, 0.2) is 103 Å². The van der Waals surface area contributed by atoms with Crippen LogP contribution >= 0.6 is 0 Å². The molecule has 0 aromatic heterocycles. The van der Waals surface area contributed by atoms with E-state index >= 15 is 0 Å². The Morgan fingerprint density at radius 3 is 1.13 bits per heavy atom. The molecule has 1 nitrogen and oxygen atoms in total. The maximum atomic E-state index is 2.52. The Balaban J connectivity index is 1.50. The van der Waals surface area contributed by atoms with Crippen molar-refractivity contribution in [2.75, 3.05) is 0 Å². The van der Waals surface area contributed by atoms with Gasteiger partial charge in [0.1, 0.15) is 19.6 Å². The Morgan fingerprint density at radius 1 is 0.436 bits per heavy atom. The Bertz CT molecular complexity index is 891. The van der Waals surface area contributed by atoms with Gasteiger partial charge >= 0.3 is 0 Å². The van der Waals surface area contributed by atoms with Gasteiger partial charge in [0.05, 0.1) is 6.20 Å². The van der Waals surface area contributed by atoms with Gasteiger partial charge in [0.2, 0.25) is 0 Å². The summed E-state index contributed by atoms with van der Waals surface area (Å²) in [7, 11) is 0. The molecular weight excluding hydrogens is 470 g/mol. The van der Waals surface area contributed by atoms with Crippen LogP contribution in [0.4, 0.5) is 0 Å². The lowest BCUT2D eigenvalue weighted by atomic mass is 10.0. The summed E-state index contributed by atoms with van der Waals surface area (Å²) in [4.78, 5) is 0. The Kier molecular flexibility index (Phi) is 15.4. The second kappa shape index (κ2) is 19.4. The first kappa shape index (κ1) is 30.9. The third kappa shape index (κ3) is 13.3. The minimum atomic E-state index is 0.913. The predicted molar refractivity (Wildman–Crippen MR) is 170 cm³/mol. The molecule has 39 heavy (non-hydrogen) atoms. The zero-order valence-electron chi connectivity index (χ0n) is 24.8. The van der Waals surface area contributed by atoms with E-state index < -0.39 is 0 Å². The average Bonchev–Trinajstić information content (AvgIpc) is 2.97. The van der Waals surface area contributed by atoms with Gasteiger partial charge in [0.25, 0.3) is 0 Å². The third-order valence-corrected chi connectivity index (χ3v) is 7.92. The van der Waals surface area contributed by atoms with Crippen molar-refractivity contribution >= 4 is 0 Å². The number of nitrogens with zero attached hydrogens (tertiary/aromatic N) is 1. The van der Waals surface area contributed by atoms with E-state index in [1.807, 2.05) is 0 Å². The molecule has 1 heteroatoms. The molecule has 0 unspecified atom stereocenters. The van der Waals surface area contributed by atoms with Gasteiger partial charge in [0.15, 0.2) is 0 Å². The van der Waals surface area contributed by atoms with E-state index in [-0.39, 0.29) is 0 Å². The highest BCUT2D eigenvalue weighted by atomic mass is 15.3. The lowest BCUT2D eigenvalue weighted by molar-refractivity contribution is -0.919. The molecule has 0 radical (unpaired) electrons. The Labute approximate surface area is 240 Å². The monoisotopic (exact) mass is 524 g/mol. The van der Waals surface area contributed by atoms with Crippen LogP contribution in [0.2, 0.25) is 0 Å². The first-order chi connectivity index (χ1) is 19.3. The molecule has 0 heterocycles. The fourth-order valence-electron chi connectivity index (χ4n) is 5.75. The minimum absolute atomic E-state index is 0.913. The van der Waals surface area contributed by atoms with Gasteiger partial charge in [-0.25, -0.2) is 0 Å². The predicted octanol–water partition coefficient (Wildman–Crippen LogP) is 11.4. The van der Waals surface area contributed by atoms with Crippen molar-refractivity contribution in [3.05, 3.63) is 120 Å². The largest absolute Gasteiger partial charge is 0.286 e. The summed E-state index contributed by atoms with van der Waals surface area (Å²) >= 11 is 0. The number of quaternary nitrogens is 1. The zero-order chi connectivity index (χ0) is 27.3. The molecule has 0 saturated heterocycles. The van der Waals surface area contributed by atoms with Crippen molar-refractivity contribution in [2.24, 2.45) is 0 Å². The standard InChI is InChI=1S/C38H54N/c1-2-3-4-5-6-7-8-9-10-11-12-13-14-15-25-32-39(33-36-26-19-16-20-27-36,34-37-28-21-17-22-29-37)35-38-30-23-18-24-31-38/h16-32H,2-15,33-35H2,1H3/q+1/b32-25+. The Morgan fingerprint density at radius 2 is 0.769 bits per heavy atom. The third-order valence-electron chi connectivity index (χ3n) is 7.92. The van der Waals surface area contributed by atoms with Crippen LogP contribution in [0, 0.1) is 0 Å². The van der Waals surface area contributed by atoms with Gasteiger partial charge in [-0.05, 0) is 18.9 Å². The van der Waals surface area contributed by atoms with Crippen molar-refractivity contribution in [3.63, 3.8) is 0 Å². The van der Waals surface area contributed by atoms with Crippen LogP contribution in [-0.2, 0) is 19.6 Å². The quantitative estimate of drug-likeness (QED) is 0.0960. The molecule has 0 atom stereocenters. The molecule has 3 rings (SSSR count). The molecule has 210 valence electrons. The molecular formula is C38H54N+. The number of unbranched alkanes of at least 4 members (excludes halogenated alkanes) is 13. The van der Waals surface area contributed by atoms with E-state index in [0.29, 0.717) is 0 Å². The zero-order valence-corrected chi connectivity index (χ0v) is 24.8. The van der Waals surface area contributed by atoms with Gasteiger partial charge in [-0.15, -0.1) is 0 Å². The van der Waals surface area contributed by atoms with Gasteiger partial charge in [0, 0.05) is 16.7 Å². The van der Waals surface area contributed by atoms with Crippen molar-refractivity contribution < 1.29 is 4.48 Å². The molecule has 3 aromatic carbocycles. The highest BCUT2D eigenvalue weighted by Crippen LogP contribution is 2.26. The van der Waals surface area contributed by atoms with Crippen LogP contribution in [0.3, 0.4) is 0 Å². The SMILES string of the molecule is CCCCCCCCCCCCCCC/C=C/[N+](Cc1ccccc1)(Cc1ccccc1)Cc1ccccc1. The van der Waals surface area contributed by atoms with E-state index in [1.54, 1.807) is 0 Å². The molecule has 0 saturated carbocycles. The maximum absolute atomic E-state index is 2.52. The lowest BCUT2D eigenvalue weighted by Gasteiger charge is -2.36. The topological polar surface area (TPSA) is 0 Å². The first-order valence-corrected chi connectivity index (χ1v) is 15.9. The van der Waals surface area contributed by atoms with Gasteiger partial charge < -0.3 is 0 Å². The summed E-state index contributed by atoms with van der Waals surface area (Å²) in [5.41, 5.74) is 4.19. The fraction of sp³-hybridized carbons (Fsp3) is 0.474. The van der Waals surface area contributed by atoms with Gasteiger partial charge in [-0.1, -0.05) is 175 Å². The number of allylic oxidation sites excluding steroid dienone is 1. The number of hydrogen-bond acceptors (Lipinski definition) is 0. The highest BCUT2D eigenvalue weighted by Gasteiger charge is 2.26. The summed E-state index contributed by atoms with van der Waals surface area (Å²) in [5.74, 6) is 0. The first-order valence-electron chi connectivity index (χ1n) is 15.9. The summed E-state index contributed by atoms with van der Waals surface area (Å²) in [5, 5.41) is 0. The van der Waals surface area contributed by atoms with Crippen molar-refractivity contribution in [2.45, 2.75) is 116 Å². The summed E-state index contributed by atoms with van der Waals surface area (Å²) in [6.45, 7) is 5.30. The molecule has 0 N–H and O–H groups in total. The van der Waals surface area contributed by atoms with Gasteiger partial charge in [-0.3, -0.25) is 4.48 Å². The Hall–Kier alpha value is -2.64. The normalized spacial score (nSPS) is 11.8. The van der Waals surface area contributed by atoms with Crippen molar-refractivity contribution in [3.8, 4) is 0 Å². The fourth-order valence-corrected chi connectivity index (χ4v) is 5.75. The molecule has 0 aliphatic heterocycles. The molecule has 0 aliphatic rings. The van der Waals surface area contributed by atoms with Crippen molar-refractivity contribution in [1.29, 1.82) is 0 Å². The average molecular weight is 525 g/mol. The second-order valence-corrected chi connectivity index (χ2v) is 11.6. The van der Waals surface area contributed by atoms with Crippen LogP contribution in [0.5, 0.6) is 0 Å². The second-order valence-electron chi connectivity index (χ2n) is 11.6. The molecule has 0 amide bonds. The van der Waals surface area contributed by atoms with Gasteiger partial charge in [-0.2, -0.15) is 0 Å². The lowest BCUT2D eigenvalue weighted by Crippen LogP contribution is -2.40. The number of rotatable bonds is 21. The minimum Gasteiger partial charge on any atom is -0.286 e. The summed E-state index contributed by atoms with van der Waals surface area (Å²) < 4.78 is 0.913. The highest BCUT2D eigenvalue weighted by molar-refractivity contribution is 5.18. The maximum Gasteiger partial charge on any atom is 0.109 e. The van der Waals surface area contributed by atoms with Crippen LogP contribution in [0.25, 0.3) is 0 Å². The van der Waals surface area contributed by atoms with Crippen molar-refractivity contribution in [1.82, 2.24) is 0 Å². The van der Waals surface area contributed by atoms with E-state index in [2.05, 4.69) is 110 Å². The van der Waals surface area contributed by atoms with Crippen LogP contribution in [0.1, 0.15) is 114 Å². The van der Waals surface area contributed by atoms with E-state index in [1.165, 1.54) is 107 Å². The molecule has 0 fully saturated rings. The van der Waals surface area contributed by atoms with Crippen LogP contribution in [-0.4, -0.2) is 4.48 Å². The molecule has 3 aromatic rings. The molecule has 0 aliphatic carbocycles. The molecule has 0 bridgehead atoms. The smallest absolute Gasteiger partial charge is 0.109 e. The molecule has 0 spiro atoms. The summed E-state index contributed by atoms with van der Waals surface area (Å²) in [6, 6.07) is 33.1. The number of hydrogen-bond donors (Lipinski definition) is 0. The van der Waals surface area contributed by atoms with Crippen LogP contribution < -0.4 is 0 Å². The van der Waals surface area contributed by atoms with E-state index in [4.69, 9.17) is 0 Å². The summed E-state index contributed by atoms with van der Waals surface area (Å²) in [6.07, 6.45) is 24.5. The van der Waals surface area contributed by atoms with E-state index in [9.17, 15) is 0 Å². The van der Waals surface area contributed by atoms with E-state index in [0.717, 1.165) is 24.1 Å². The number of benzene rings is 3.